The molecule has 2 aromatic carbocycles. The molecule has 4 amide bonds. The Morgan fingerprint density at radius 3 is 2.40 bits per heavy atom. The number of amides is 4. The molecule has 1 saturated heterocycles. The molecule has 0 aliphatic carbocycles. The van der Waals surface area contributed by atoms with Gasteiger partial charge in [-0.05, 0) is 41.0 Å². The molecule has 2 aliphatic heterocycles. The van der Waals surface area contributed by atoms with Crippen LogP contribution in [0.4, 0.5) is 8.78 Å². The lowest BCUT2D eigenvalue weighted by Gasteiger charge is -2.46. The molecule has 0 unspecified atom stereocenters. The maximum Gasteiger partial charge on any atom is 0.349 e. The van der Waals surface area contributed by atoms with Gasteiger partial charge in [-0.2, -0.15) is 8.78 Å². The second-order valence-electron chi connectivity index (χ2n) is 8.57. The van der Waals surface area contributed by atoms with Crippen LogP contribution in [0.3, 0.4) is 0 Å². The molecule has 2 aliphatic rings. The third-order valence-corrected chi connectivity index (χ3v) is 6.26. The second kappa shape index (κ2) is 8.51. The highest BCUT2D eigenvalue weighted by atomic mass is 35.5. The number of carbonyl (C=O) groups excluding carboxylic acids is 4. The summed E-state index contributed by atoms with van der Waals surface area (Å²) in [6, 6.07) is 9.08. The molecular weight excluding hydrogens is 476 g/mol. The van der Waals surface area contributed by atoms with E-state index in [1.165, 1.54) is 30.3 Å². The van der Waals surface area contributed by atoms with E-state index < -0.39 is 52.2 Å². The Hall–Kier alpha value is -3.14. The van der Waals surface area contributed by atoms with Crippen molar-refractivity contribution in [3.63, 3.8) is 0 Å². The summed E-state index contributed by atoms with van der Waals surface area (Å²) in [5.41, 5.74) is -1.40. The summed E-state index contributed by atoms with van der Waals surface area (Å²) < 4.78 is 29.0. The number of imide groups is 1. The summed E-state index contributed by atoms with van der Waals surface area (Å²) >= 11 is 5.71. The van der Waals surface area contributed by atoms with Gasteiger partial charge < -0.3 is 10.2 Å². The monoisotopic (exact) mass is 491 g/mol. The van der Waals surface area contributed by atoms with Crippen LogP contribution in [-0.2, 0) is 33.4 Å². The lowest BCUT2D eigenvalue weighted by atomic mass is 9.45. The molecule has 0 saturated carbocycles. The van der Waals surface area contributed by atoms with Gasteiger partial charge in [0.15, 0.2) is 0 Å². The first-order chi connectivity index (χ1) is 16.3. The van der Waals surface area contributed by atoms with Gasteiger partial charge in [0, 0.05) is 29.2 Å². The molecule has 1 fully saturated rings. The summed E-state index contributed by atoms with van der Waals surface area (Å²) in [4.78, 5) is 50.5. The minimum atomic E-state index is -3.79. The molecule has 35 heavy (non-hydrogen) atoms. The zero-order valence-corrected chi connectivity index (χ0v) is 18.9. The van der Waals surface area contributed by atoms with Crippen LogP contribution in [0.5, 0.6) is 0 Å². The van der Waals surface area contributed by atoms with Crippen molar-refractivity contribution < 1.29 is 28.0 Å². The van der Waals surface area contributed by atoms with E-state index in [9.17, 15) is 28.0 Å². The fourth-order valence-electron chi connectivity index (χ4n) is 4.04. The van der Waals surface area contributed by atoms with Crippen molar-refractivity contribution in [2.24, 2.45) is 0 Å². The Labute approximate surface area is 208 Å². The number of alkyl halides is 2. The van der Waals surface area contributed by atoms with Crippen molar-refractivity contribution in [1.29, 1.82) is 0 Å². The lowest BCUT2D eigenvalue weighted by molar-refractivity contribution is -0.147. The minimum absolute atomic E-state index is 0.120. The molecule has 6 radical (unpaired) electrons. The zero-order valence-electron chi connectivity index (χ0n) is 18.1. The highest BCUT2D eigenvalue weighted by Gasteiger charge is 2.53. The van der Waals surface area contributed by atoms with E-state index in [0.29, 0.717) is 11.1 Å². The van der Waals surface area contributed by atoms with Crippen molar-refractivity contribution in [1.82, 2.24) is 15.5 Å². The van der Waals surface area contributed by atoms with Crippen LogP contribution < -0.4 is 10.6 Å². The van der Waals surface area contributed by atoms with E-state index in [1.54, 1.807) is 0 Å². The number of halogens is 3. The van der Waals surface area contributed by atoms with Gasteiger partial charge in [0.1, 0.15) is 7.85 Å². The molecule has 0 aromatic heterocycles. The van der Waals surface area contributed by atoms with E-state index in [1.807, 2.05) is 5.32 Å². The van der Waals surface area contributed by atoms with Crippen LogP contribution in [0.15, 0.2) is 42.5 Å². The number of hydrogen-bond acceptors (Lipinski definition) is 4. The average molecular weight is 491 g/mol. The standard InChI is InChI=1S/C22H15B3ClF2N3O4/c23-20(24)10-21(25,18(34)30-17(20)33)31-9-12-7-11(1-6-15(12)16(31)32)8-29-19(35)22(27,28)13-2-4-14(26)5-3-13/h1-7H,8-10H2,(H,29,35)(H,30,33,34)/t21-/m1/s1. The maximum atomic E-state index is 14.5. The number of rotatable bonds is 5. The number of carbonyl (C=O) groups is 4. The molecule has 4 rings (SSSR count). The van der Waals surface area contributed by atoms with Crippen LogP contribution in [0.2, 0.25) is 10.2 Å². The van der Waals surface area contributed by atoms with Gasteiger partial charge in [0.2, 0.25) is 11.8 Å². The molecular formula is C22H15B3ClF2N3O4. The van der Waals surface area contributed by atoms with E-state index in [2.05, 4.69) is 5.32 Å². The molecule has 2 heterocycles. The van der Waals surface area contributed by atoms with Crippen molar-refractivity contribution in [2.75, 3.05) is 0 Å². The minimum Gasteiger partial charge on any atom is -0.346 e. The Morgan fingerprint density at radius 2 is 1.74 bits per heavy atom. The zero-order chi connectivity index (χ0) is 25.8. The van der Waals surface area contributed by atoms with Crippen LogP contribution in [0.1, 0.15) is 33.5 Å². The van der Waals surface area contributed by atoms with Gasteiger partial charge in [-0.1, -0.05) is 35.9 Å². The van der Waals surface area contributed by atoms with Gasteiger partial charge in [-0.25, -0.2) is 0 Å². The second-order valence-corrected chi connectivity index (χ2v) is 9.01. The van der Waals surface area contributed by atoms with Crippen LogP contribution in [-0.4, -0.2) is 57.5 Å². The predicted octanol–water partition coefficient (Wildman–Crippen LogP) is 1.07. The summed E-state index contributed by atoms with van der Waals surface area (Å²) in [6.45, 7) is -0.369. The predicted molar refractivity (Wildman–Crippen MR) is 124 cm³/mol. The molecule has 2 N–H and O–H groups in total. The van der Waals surface area contributed by atoms with Crippen molar-refractivity contribution in [3.8, 4) is 0 Å². The Morgan fingerprint density at radius 1 is 1.09 bits per heavy atom. The smallest absolute Gasteiger partial charge is 0.346 e. The molecule has 7 nitrogen and oxygen atoms in total. The first-order valence-corrected chi connectivity index (χ1v) is 10.7. The highest BCUT2D eigenvalue weighted by Crippen LogP contribution is 2.39. The molecule has 172 valence electrons. The quantitative estimate of drug-likeness (QED) is 0.484. The van der Waals surface area contributed by atoms with E-state index in [4.69, 9.17) is 35.1 Å². The molecule has 1 atom stereocenters. The van der Waals surface area contributed by atoms with Gasteiger partial charge in [0.25, 0.3) is 11.8 Å². The lowest BCUT2D eigenvalue weighted by Crippen LogP contribution is -2.67. The van der Waals surface area contributed by atoms with Gasteiger partial charge in [-0.3, -0.25) is 24.5 Å². The Kier molecular flexibility index (Phi) is 6.07. The Bertz CT molecular complexity index is 1260. The van der Waals surface area contributed by atoms with Crippen LogP contribution >= 0.6 is 11.6 Å². The van der Waals surface area contributed by atoms with Gasteiger partial charge in [0.05, 0.1) is 21.1 Å². The van der Waals surface area contributed by atoms with Crippen LogP contribution in [0, 0.1) is 0 Å². The molecule has 13 heteroatoms. The van der Waals surface area contributed by atoms with Crippen molar-refractivity contribution >= 4 is 58.8 Å². The number of fused-ring (bicyclic) bond motifs is 1. The summed E-state index contributed by atoms with van der Waals surface area (Å²) in [5, 5.41) is 2.45. The van der Waals surface area contributed by atoms with E-state index >= 15 is 0 Å². The Balaban J connectivity index is 1.49. The maximum absolute atomic E-state index is 14.5. The number of nitrogens with zero attached hydrogens (tertiary/aromatic N) is 1. The van der Waals surface area contributed by atoms with Crippen molar-refractivity contribution in [2.45, 2.75) is 36.1 Å². The van der Waals surface area contributed by atoms with Gasteiger partial charge >= 0.3 is 5.92 Å². The number of hydrogen-bond donors (Lipinski definition) is 2. The van der Waals surface area contributed by atoms with Gasteiger partial charge in [-0.15, -0.1) is 0 Å². The highest BCUT2D eigenvalue weighted by molar-refractivity contribution is 6.53. The first kappa shape index (κ1) is 25.0. The van der Waals surface area contributed by atoms with Crippen LogP contribution in [0.25, 0.3) is 0 Å². The molecule has 2 aromatic rings. The molecule has 0 spiro atoms. The number of benzene rings is 2. The normalized spacial score (nSPS) is 21.5. The number of piperidine rings is 1. The largest absolute Gasteiger partial charge is 0.349 e. The summed E-state index contributed by atoms with van der Waals surface area (Å²) in [5.74, 6) is -7.73. The van der Waals surface area contributed by atoms with E-state index in [-0.39, 0.29) is 23.7 Å². The first-order valence-electron chi connectivity index (χ1n) is 10.3. The van der Waals surface area contributed by atoms with E-state index in [0.717, 1.165) is 17.0 Å². The number of nitrogens with one attached hydrogen (secondary N) is 2. The fourth-order valence-corrected chi connectivity index (χ4v) is 4.17. The topological polar surface area (TPSA) is 95.6 Å². The fraction of sp³-hybridized carbons (Fsp3) is 0.273. The van der Waals surface area contributed by atoms with Crippen molar-refractivity contribution in [3.05, 3.63) is 69.7 Å². The third kappa shape index (κ3) is 4.35. The SMILES string of the molecule is [B]C1([B])C[C@@]([B])(N2Cc3cc(CNC(=O)C(F)(F)c4ccc(Cl)cc4)ccc3C2=O)C(=O)NC1=O. The summed E-state index contributed by atoms with van der Waals surface area (Å²) in [6.07, 6.45) is -0.507. The molecule has 0 bridgehead atoms. The third-order valence-electron chi connectivity index (χ3n) is 6.01. The average Bonchev–Trinajstić information content (AvgIpc) is 3.12. The summed E-state index contributed by atoms with van der Waals surface area (Å²) in [7, 11) is 17.7.